The van der Waals surface area contributed by atoms with Gasteiger partial charge in [-0.15, -0.1) is 11.3 Å². The molecule has 0 spiro atoms. The minimum atomic E-state index is -0.310. The van der Waals surface area contributed by atoms with Gasteiger partial charge in [0.1, 0.15) is 11.3 Å². The summed E-state index contributed by atoms with van der Waals surface area (Å²) in [4.78, 5) is 32.0. The molecule has 2 aliphatic heterocycles. The van der Waals surface area contributed by atoms with Crippen LogP contribution in [0.2, 0.25) is 0 Å². The second-order valence-electron chi connectivity index (χ2n) is 8.07. The fourth-order valence-electron chi connectivity index (χ4n) is 5.15. The number of hydrazine groups is 1. The van der Waals surface area contributed by atoms with Crippen LogP contribution in [0.3, 0.4) is 0 Å². The molecule has 5 unspecified atom stereocenters. The normalized spacial score (nSPS) is 31.9. The van der Waals surface area contributed by atoms with Crippen molar-refractivity contribution < 1.29 is 14.0 Å². The number of nitrogens with one attached hydrogen (secondary N) is 2. The largest absolute Gasteiger partial charge is 0.422 e. The first-order valence-electron chi connectivity index (χ1n) is 9.94. The van der Waals surface area contributed by atoms with Crippen LogP contribution in [0.4, 0.5) is 6.01 Å². The van der Waals surface area contributed by atoms with Crippen LogP contribution in [0.25, 0.3) is 11.1 Å². The van der Waals surface area contributed by atoms with Crippen molar-refractivity contribution in [3.05, 3.63) is 46.7 Å². The highest BCUT2D eigenvalue weighted by molar-refractivity contribution is 7.10. The van der Waals surface area contributed by atoms with Crippen LogP contribution in [0, 0.1) is 17.8 Å². The monoisotopic (exact) mass is 408 g/mol. The molecule has 2 N–H and O–H groups in total. The third-order valence-corrected chi connectivity index (χ3v) is 7.54. The second-order valence-corrected chi connectivity index (χ2v) is 9.05. The van der Waals surface area contributed by atoms with Crippen molar-refractivity contribution in [3.8, 4) is 0 Å². The number of oxazole rings is 1. The summed E-state index contributed by atoms with van der Waals surface area (Å²) in [6, 6.07) is 11.8. The van der Waals surface area contributed by atoms with Gasteiger partial charge in [0, 0.05) is 29.7 Å². The Labute approximate surface area is 171 Å². The highest BCUT2D eigenvalue weighted by Gasteiger charge is 2.55. The van der Waals surface area contributed by atoms with Crippen molar-refractivity contribution >= 4 is 40.1 Å². The van der Waals surface area contributed by atoms with Crippen LogP contribution < -0.4 is 15.8 Å². The molecule has 148 valence electrons. The van der Waals surface area contributed by atoms with Crippen LogP contribution in [-0.2, 0) is 9.59 Å². The predicted molar refractivity (Wildman–Crippen MR) is 108 cm³/mol. The number of benzene rings is 1. The first kappa shape index (κ1) is 17.3. The third kappa shape index (κ3) is 2.67. The van der Waals surface area contributed by atoms with Crippen molar-refractivity contribution in [1.82, 2.24) is 15.7 Å². The number of amides is 1. The molecule has 7 nitrogen and oxygen atoms in total. The van der Waals surface area contributed by atoms with Gasteiger partial charge in [-0.25, -0.2) is 5.43 Å². The number of piperidine rings is 1. The minimum Gasteiger partial charge on any atom is -0.422 e. The van der Waals surface area contributed by atoms with Gasteiger partial charge >= 0.3 is 6.01 Å². The number of hydrogen-bond donors (Lipinski definition) is 2. The van der Waals surface area contributed by atoms with E-state index in [4.69, 9.17) is 4.42 Å². The molecule has 1 aliphatic carbocycles. The molecule has 0 bridgehead atoms. The van der Waals surface area contributed by atoms with Gasteiger partial charge in [0.05, 0.1) is 12.1 Å². The van der Waals surface area contributed by atoms with E-state index < -0.39 is 0 Å². The Morgan fingerprint density at radius 2 is 2.07 bits per heavy atom. The number of para-hydroxylation sites is 2. The van der Waals surface area contributed by atoms with Crippen LogP contribution >= 0.6 is 11.3 Å². The Morgan fingerprint density at radius 3 is 2.90 bits per heavy atom. The van der Waals surface area contributed by atoms with E-state index in [1.807, 2.05) is 35.7 Å². The third-order valence-electron chi connectivity index (χ3n) is 6.51. The molecule has 6 rings (SSSR count). The van der Waals surface area contributed by atoms with Crippen LogP contribution in [0.15, 0.2) is 46.2 Å². The molecular weight excluding hydrogens is 388 g/mol. The van der Waals surface area contributed by atoms with Gasteiger partial charge in [0.15, 0.2) is 5.58 Å². The van der Waals surface area contributed by atoms with Crippen LogP contribution in [0.5, 0.6) is 0 Å². The molecule has 8 heteroatoms. The minimum absolute atomic E-state index is 0.0176. The topological polar surface area (TPSA) is 87.5 Å². The van der Waals surface area contributed by atoms with E-state index in [2.05, 4.69) is 21.8 Å². The van der Waals surface area contributed by atoms with E-state index in [0.717, 1.165) is 6.42 Å². The smallest absolute Gasteiger partial charge is 0.320 e. The van der Waals surface area contributed by atoms with Crippen molar-refractivity contribution in [2.75, 3.05) is 11.6 Å². The number of aromatic nitrogens is 1. The number of carbonyl (C=O) groups is 2. The number of nitrogens with zero attached hydrogens (tertiary/aromatic N) is 2. The molecule has 1 saturated carbocycles. The Kier molecular flexibility index (Phi) is 3.87. The Balaban J connectivity index is 1.32. The number of thiophene rings is 1. The molecule has 1 aromatic carbocycles. The van der Waals surface area contributed by atoms with Gasteiger partial charge in [-0.2, -0.15) is 9.99 Å². The van der Waals surface area contributed by atoms with Crippen LogP contribution in [-0.4, -0.2) is 29.4 Å². The average Bonchev–Trinajstić information content (AvgIpc) is 3.46. The number of carbonyl (C=O) groups excluding carboxylic acids is 2. The Bertz CT molecular complexity index is 1060. The first-order chi connectivity index (χ1) is 14.2. The maximum atomic E-state index is 13.4. The number of anilines is 1. The summed E-state index contributed by atoms with van der Waals surface area (Å²) < 4.78 is 5.80. The zero-order chi connectivity index (χ0) is 19.5. The zero-order valence-electron chi connectivity index (χ0n) is 15.6. The first-order valence-corrected chi connectivity index (χ1v) is 10.8. The summed E-state index contributed by atoms with van der Waals surface area (Å²) in [5.41, 5.74) is 4.58. The van der Waals surface area contributed by atoms with Gasteiger partial charge < -0.3 is 4.42 Å². The van der Waals surface area contributed by atoms with E-state index in [-0.39, 0.29) is 47.5 Å². The highest BCUT2D eigenvalue weighted by Crippen LogP contribution is 2.46. The number of fused-ring (bicyclic) bond motifs is 4. The van der Waals surface area contributed by atoms with Gasteiger partial charge in [0.25, 0.3) is 5.91 Å². The Hall–Kier alpha value is -2.55. The number of Topliss-reactive ketones (excluding diaryl/α,β-unsaturated/α-hetero) is 1. The number of hydrogen-bond acceptors (Lipinski definition) is 7. The van der Waals surface area contributed by atoms with Gasteiger partial charge in [0.2, 0.25) is 0 Å². The van der Waals surface area contributed by atoms with Crippen molar-refractivity contribution in [3.63, 3.8) is 0 Å². The standard InChI is InChI=1S/C21H20N4O3S/c26-15-9-11(17-6-3-7-29-17)8-12-13(15)10-22-19-18(12)20(27)25(24-19)21-23-14-4-1-2-5-16(14)28-21/h1-7,11-13,18-19,22,24H,8-10H2. The summed E-state index contributed by atoms with van der Waals surface area (Å²) in [5, 5.41) is 6.83. The van der Waals surface area contributed by atoms with E-state index in [1.165, 1.54) is 9.89 Å². The predicted octanol–water partition coefficient (Wildman–Crippen LogP) is 2.67. The fourth-order valence-corrected chi connectivity index (χ4v) is 5.99. The lowest BCUT2D eigenvalue weighted by molar-refractivity contribution is -0.133. The fraction of sp³-hybridized carbons (Fsp3) is 0.381. The number of rotatable bonds is 2. The molecule has 1 amide bonds. The maximum Gasteiger partial charge on any atom is 0.320 e. The van der Waals surface area contributed by atoms with E-state index >= 15 is 0 Å². The lowest BCUT2D eigenvalue weighted by atomic mass is 9.65. The lowest BCUT2D eigenvalue weighted by Gasteiger charge is -2.42. The van der Waals surface area contributed by atoms with Crippen molar-refractivity contribution in [2.45, 2.75) is 24.9 Å². The molecule has 2 aromatic heterocycles. The molecule has 3 fully saturated rings. The van der Waals surface area contributed by atoms with Gasteiger partial charge in [-0.05, 0) is 35.9 Å². The summed E-state index contributed by atoms with van der Waals surface area (Å²) in [5.74, 6) is -0.0166. The van der Waals surface area contributed by atoms with Gasteiger partial charge in [-0.3, -0.25) is 14.9 Å². The summed E-state index contributed by atoms with van der Waals surface area (Å²) >= 11 is 1.69. The second kappa shape index (κ2) is 6.48. The molecular formula is C21H20N4O3S. The average molecular weight is 408 g/mol. The molecule has 2 saturated heterocycles. The quantitative estimate of drug-likeness (QED) is 0.678. The number of ketones is 1. The van der Waals surface area contributed by atoms with E-state index in [1.54, 1.807) is 11.3 Å². The Morgan fingerprint density at radius 1 is 1.17 bits per heavy atom. The molecule has 4 heterocycles. The summed E-state index contributed by atoms with van der Waals surface area (Å²) in [6.07, 6.45) is 1.21. The molecule has 0 radical (unpaired) electrons. The summed E-state index contributed by atoms with van der Waals surface area (Å²) in [7, 11) is 0. The molecule has 29 heavy (non-hydrogen) atoms. The lowest BCUT2D eigenvalue weighted by Crippen LogP contribution is -2.57. The SMILES string of the molecule is O=C1CC(c2cccs2)CC2C1CNC1NN(c3nc4ccccc4o3)C(=O)C12. The van der Waals surface area contributed by atoms with Crippen LogP contribution in [0.1, 0.15) is 23.6 Å². The van der Waals surface area contributed by atoms with E-state index in [9.17, 15) is 9.59 Å². The maximum absolute atomic E-state index is 13.4. The molecule has 5 atom stereocenters. The van der Waals surface area contributed by atoms with E-state index in [0.29, 0.717) is 24.1 Å². The van der Waals surface area contributed by atoms with Crippen molar-refractivity contribution in [2.24, 2.45) is 17.8 Å². The van der Waals surface area contributed by atoms with Gasteiger partial charge in [-0.1, -0.05) is 18.2 Å². The van der Waals surface area contributed by atoms with Crippen molar-refractivity contribution in [1.29, 1.82) is 0 Å². The molecule has 3 aromatic rings. The summed E-state index contributed by atoms with van der Waals surface area (Å²) in [6.45, 7) is 0.601. The highest BCUT2D eigenvalue weighted by atomic mass is 32.1. The zero-order valence-corrected chi connectivity index (χ0v) is 16.4. The molecule has 3 aliphatic rings.